The monoisotopic (exact) mass is 591 g/mol. The van der Waals surface area contributed by atoms with Gasteiger partial charge in [-0.2, -0.15) is 13.2 Å². The SMILES string of the molecule is COc1ccc(C(F)(F)F)cc1CN[C@H]1[C@H](C(C)(C)C)[C@@H](C(=O)O)N(C(=O)C2CCCCC2)[C@H]1c1cccnc1OC. The maximum absolute atomic E-state index is 14.3. The zero-order chi connectivity index (χ0) is 30.8. The van der Waals surface area contributed by atoms with Crippen LogP contribution in [0.2, 0.25) is 0 Å². The van der Waals surface area contributed by atoms with Crippen molar-refractivity contribution >= 4 is 11.9 Å². The number of hydrogen-bond donors (Lipinski definition) is 2. The summed E-state index contributed by atoms with van der Waals surface area (Å²) >= 11 is 0. The molecule has 1 amide bonds. The standard InChI is InChI=1S/C31H40F3N3O5/c1-30(2,3)23-24(36-17-19-16-20(31(32,33)34)13-14-22(19)41-4)25(21-12-9-15-35-27(21)42-5)37(26(23)29(39)40)28(38)18-10-7-6-8-11-18/h9,12-16,18,23-26,36H,6-8,10-11,17H2,1-5H3,(H,39,40)/t23-,24-,25-,26-/m0/s1. The Morgan fingerprint density at radius 1 is 1.07 bits per heavy atom. The Bertz CT molecular complexity index is 1270. The molecule has 1 aromatic carbocycles. The highest BCUT2D eigenvalue weighted by atomic mass is 19.4. The Labute approximate surface area is 244 Å². The predicted molar refractivity (Wildman–Crippen MR) is 150 cm³/mol. The smallest absolute Gasteiger partial charge is 0.416 e. The first-order valence-electron chi connectivity index (χ1n) is 14.3. The third kappa shape index (κ3) is 6.35. The van der Waals surface area contributed by atoms with Crippen LogP contribution < -0.4 is 14.8 Å². The molecule has 1 aliphatic carbocycles. The molecule has 42 heavy (non-hydrogen) atoms. The van der Waals surface area contributed by atoms with Crippen molar-refractivity contribution in [2.75, 3.05) is 14.2 Å². The molecule has 2 heterocycles. The molecule has 1 saturated carbocycles. The number of halogens is 3. The lowest BCUT2D eigenvalue weighted by molar-refractivity contribution is -0.154. The molecular weight excluding hydrogens is 551 g/mol. The fourth-order valence-electron chi connectivity index (χ4n) is 6.73. The Kier molecular flexibility index (Phi) is 9.39. The average Bonchev–Trinajstić information content (AvgIpc) is 3.31. The summed E-state index contributed by atoms with van der Waals surface area (Å²) in [6.07, 6.45) is 1.17. The Hall–Kier alpha value is -3.34. The first-order valence-corrected chi connectivity index (χ1v) is 14.3. The van der Waals surface area contributed by atoms with Gasteiger partial charge in [0, 0.05) is 41.7 Å². The summed E-state index contributed by atoms with van der Waals surface area (Å²) in [5.41, 5.74) is -0.633. The lowest BCUT2D eigenvalue weighted by atomic mass is 9.72. The topological polar surface area (TPSA) is 101 Å². The average molecular weight is 592 g/mol. The number of alkyl halides is 3. The van der Waals surface area contributed by atoms with Crippen molar-refractivity contribution in [1.82, 2.24) is 15.2 Å². The van der Waals surface area contributed by atoms with Crippen LogP contribution in [0.15, 0.2) is 36.5 Å². The van der Waals surface area contributed by atoms with Crippen LogP contribution in [0.3, 0.4) is 0 Å². The first-order chi connectivity index (χ1) is 19.8. The maximum atomic E-state index is 14.3. The van der Waals surface area contributed by atoms with Gasteiger partial charge in [0.25, 0.3) is 0 Å². The van der Waals surface area contributed by atoms with Gasteiger partial charge in [0.05, 0.1) is 25.8 Å². The Balaban J connectivity index is 1.86. The van der Waals surface area contributed by atoms with E-state index in [-0.39, 0.29) is 35.6 Å². The highest BCUT2D eigenvalue weighted by molar-refractivity contribution is 5.87. The summed E-state index contributed by atoms with van der Waals surface area (Å²) in [5.74, 6) is -1.77. The van der Waals surface area contributed by atoms with Crippen molar-refractivity contribution in [3.63, 3.8) is 0 Å². The zero-order valence-electron chi connectivity index (χ0n) is 24.7. The van der Waals surface area contributed by atoms with Gasteiger partial charge in [0.1, 0.15) is 11.8 Å². The minimum atomic E-state index is -4.55. The number of pyridine rings is 1. The van der Waals surface area contributed by atoms with Crippen LogP contribution in [0.1, 0.15) is 75.6 Å². The second-order valence-electron chi connectivity index (χ2n) is 12.2. The summed E-state index contributed by atoms with van der Waals surface area (Å²) < 4.78 is 51.7. The van der Waals surface area contributed by atoms with Crippen molar-refractivity contribution in [3.8, 4) is 11.6 Å². The molecule has 11 heteroatoms. The normalized spacial score (nSPS) is 23.6. The molecule has 0 bridgehead atoms. The fraction of sp³-hybridized carbons (Fsp3) is 0.581. The third-order valence-corrected chi connectivity index (χ3v) is 8.58. The van der Waals surface area contributed by atoms with Crippen molar-refractivity contribution in [2.24, 2.45) is 17.3 Å². The number of likely N-dealkylation sites (tertiary alicyclic amines) is 1. The number of ether oxygens (including phenoxy) is 2. The molecular formula is C31H40F3N3O5. The molecule has 1 aliphatic heterocycles. The van der Waals surface area contributed by atoms with Gasteiger partial charge in [-0.15, -0.1) is 0 Å². The summed E-state index contributed by atoms with van der Waals surface area (Å²) in [6.45, 7) is 5.69. The summed E-state index contributed by atoms with van der Waals surface area (Å²) in [6, 6.07) is 4.08. The van der Waals surface area contributed by atoms with Gasteiger partial charge in [0.15, 0.2) is 0 Å². The van der Waals surface area contributed by atoms with E-state index in [1.54, 1.807) is 18.3 Å². The number of benzene rings is 1. The molecule has 230 valence electrons. The number of aromatic nitrogens is 1. The number of nitrogens with one attached hydrogen (secondary N) is 1. The number of aliphatic carboxylic acids is 1. The van der Waals surface area contributed by atoms with E-state index in [2.05, 4.69) is 10.3 Å². The van der Waals surface area contributed by atoms with Crippen LogP contribution >= 0.6 is 0 Å². The van der Waals surface area contributed by atoms with Gasteiger partial charge in [-0.05, 0) is 48.6 Å². The van der Waals surface area contributed by atoms with E-state index >= 15 is 0 Å². The number of carbonyl (C=O) groups excluding carboxylic acids is 1. The second kappa shape index (κ2) is 12.5. The summed E-state index contributed by atoms with van der Waals surface area (Å²) in [5, 5.41) is 14.0. The van der Waals surface area contributed by atoms with Crippen LogP contribution in [0, 0.1) is 17.3 Å². The molecule has 2 fully saturated rings. The number of nitrogens with zero attached hydrogens (tertiary/aromatic N) is 2. The summed E-state index contributed by atoms with van der Waals surface area (Å²) in [7, 11) is 2.84. The molecule has 0 unspecified atom stereocenters. The molecule has 1 saturated heterocycles. The highest BCUT2D eigenvalue weighted by Crippen LogP contribution is 2.50. The minimum Gasteiger partial charge on any atom is -0.496 e. The molecule has 0 spiro atoms. The fourth-order valence-corrected chi connectivity index (χ4v) is 6.73. The number of hydrogen-bond acceptors (Lipinski definition) is 6. The lowest BCUT2D eigenvalue weighted by Crippen LogP contribution is -2.49. The zero-order valence-corrected chi connectivity index (χ0v) is 24.7. The number of methoxy groups -OCH3 is 2. The lowest BCUT2D eigenvalue weighted by Gasteiger charge is -2.36. The van der Waals surface area contributed by atoms with Crippen LogP contribution in [0.4, 0.5) is 13.2 Å². The predicted octanol–water partition coefficient (Wildman–Crippen LogP) is 5.86. The molecule has 4 rings (SSSR count). The second-order valence-corrected chi connectivity index (χ2v) is 12.2. The van der Waals surface area contributed by atoms with Crippen molar-refractivity contribution < 1.29 is 37.3 Å². The van der Waals surface area contributed by atoms with Crippen molar-refractivity contribution in [1.29, 1.82) is 0 Å². The molecule has 2 N–H and O–H groups in total. The van der Waals surface area contributed by atoms with E-state index in [1.807, 2.05) is 20.8 Å². The van der Waals surface area contributed by atoms with E-state index in [0.29, 0.717) is 18.4 Å². The summed E-state index contributed by atoms with van der Waals surface area (Å²) in [4.78, 5) is 33.2. The molecule has 8 nitrogen and oxygen atoms in total. The van der Waals surface area contributed by atoms with Crippen molar-refractivity contribution in [2.45, 2.75) is 83.7 Å². The van der Waals surface area contributed by atoms with E-state index in [0.717, 1.165) is 31.4 Å². The van der Waals surface area contributed by atoms with E-state index in [4.69, 9.17) is 9.47 Å². The third-order valence-electron chi connectivity index (χ3n) is 8.58. The molecule has 1 aromatic heterocycles. The number of amides is 1. The first kappa shape index (κ1) is 31.6. The van der Waals surface area contributed by atoms with E-state index < -0.39 is 47.2 Å². The molecule has 2 aliphatic rings. The van der Waals surface area contributed by atoms with Gasteiger partial charge in [-0.3, -0.25) is 4.79 Å². The number of carboxylic acids is 1. The number of carboxylic acid groups (broad SMARTS) is 1. The van der Waals surface area contributed by atoms with Crippen LogP contribution in [-0.2, 0) is 22.3 Å². The Morgan fingerprint density at radius 3 is 2.33 bits per heavy atom. The van der Waals surface area contributed by atoms with Gasteiger partial charge >= 0.3 is 12.1 Å². The van der Waals surface area contributed by atoms with Gasteiger partial charge in [-0.25, -0.2) is 9.78 Å². The Morgan fingerprint density at radius 2 is 1.76 bits per heavy atom. The quantitative estimate of drug-likeness (QED) is 0.397. The van der Waals surface area contributed by atoms with Crippen LogP contribution in [-0.4, -0.2) is 53.2 Å². The largest absolute Gasteiger partial charge is 0.496 e. The van der Waals surface area contributed by atoms with E-state index in [9.17, 15) is 27.9 Å². The molecule has 0 radical (unpaired) electrons. The van der Waals surface area contributed by atoms with Crippen LogP contribution in [0.25, 0.3) is 0 Å². The molecule has 4 atom stereocenters. The molecule has 2 aromatic rings. The maximum Gasteiger partial charge on any atom is 0.416 e. The number of carbonyl (C=O) groups is 2. The van der Waals surface area contributed by atoms with Crippen molar-refractivity contribution in [3.05, 3.63) is 53.2 Å². The van der Waals surface area contributed by atoms with Gasteiger partial charge < -0.3 is 24.8 Å². The van der Waals surface area contributed by atoms with Gasteiger partial charge in [0.2, 0.25) is 11.8 Å². The minimum absolute atomic E-state index is 0.0543. The highest BCUT2D eigenvalue weighted by Gasteiger charge is 2.59. The van der Waals surface area contributed by atoms with Gasteiger partial charge in [-0.1, -0.05) is 40.0 Å². The van der Waals surface area contributed by atoms with Crippen LogP contribution in [0.5, 0.6) is 11.6 Å². The number of rotatable bonds is 8. The van der Waals surface area contributed by atoms with E-state index in [1.165, 1.54) is 25.2 Å².